The Morgan fingerprint density at radius 3 is 2.36 bits per heavy atom. The molecule has 0 aromatic rings. The lowest BCUT2D eigenvalue weighted by atomic mass is 9.71. The summed E-state index contributed by atoms with van der Waals surface area (Å²) in [5, 5.41) is 10.5. The molecular weight excluding hydrogens is 174 g/mol. The van der Waals surface area contributed by atoms with Gasteiger partial charge in [0.25, 0.3) is 0 Å². The zero-order valence-corrected chi connectivity index (χ0v) is 9.63. The van der Waals surface area contributed by atoms with Gasteiger partial charge in [0.05, 0.1) is 5.60 Å². The normalized spacial score (nSPS) is 25.7. The van der Waals surface area contributed by atoms with Gasteiger partial charge in [-0.2, -0.15) is 0 Å². The van der Waals surface area contributed by atoms with Crippen molar-refractivity contribution in [3.05, 3.63) is 0 Å². The van der Waals surface area contributed by atoms with Crippen LogP contribution in [0.4, 0.5) is 0 Å². The van der Waals surface area contributed by atoms with Crippen molar-refractivity contribution in [3.63, 3.8) is 0 Å². The lowest BCUT2D eigenvalue weighted by molar-refractivity contribution is -0.0640. The molecule has 14 heavy (non-hydrogen) atoms. The fraction of sp³-hybridized carbons (Fsp3) is 1.00. The van der Waals surface area contributed by atoms with Crippen LogP contribution in [-0.4, -0.2) is 17.3 Å². The molecule has 3 N–H and O–H groups in total. The maximum atomic E-state index is 10.5. The van der Waals surface area contributed by atoms with Crippen LogP contribution in [0.5, 0.6) is 0 Å². The average Bonchev–Trinajstić information content (AvgIpc) is 2.20. The minimum Gasteiger partial charge on any atom is -0.390 e. The van der Waals surface area contributed by atoms with Crippen LogP contribution in [0, 0.1) is 11.8 Å². The van der Waals surface area contributed by atoms with Crippen LogP contribution in [0.1, 0.15) is 52.4 Å². The third-order valence-corrected chi connectivity index (χ3v) is 4.04. The van der Waals surface area contributed by atoms with Gasteiger partial charge < -0.3 is 10.8 Å². The van der Waals surface area contributed by atoms with Gasteiger partial charge in [0.1, 0.15) is 0 Å². The van der Waals surface area contributed by atoms with Crippen molar-refractivity contribution >= 4 is 0 Å². The van der Waals surface area contributed by atoms with Crippen molar-refractivity contribution in [3.8, 4) is 0 Å². The van der Waals surface area contributed by atoms with Crippen molar-refractivity contribution in [2.75, 3.05) is 6.54 Å². The van der Waals surface area contributed by atoms with E-state index in [0.29, 0.717) is 12.5 Å². The quantitative estimate of drug-likeness (QED) is 0.730. The van der Waals surface area contributed by atoms with Gasteiger partial charge in [0, 0.05) is 0 Å². The van der Waals surface area contributed by atoms with Gasteiger partial charge in [0.2, 0.25) is 0 Å². The van der Waals surface area contributed by atoms with Crippen LogP contribution in [0.3, 0.4) is 0 Å². The molecule has 0 aromatic heterocycles. The summed E-state index contributed by atoms with van der Waals surface area (Å²) in [6.07, 6.45) is 7.25. The molecule has 0 aliphatic heterocycles. The summed E-state index contributed by atoms with van der Waals surface area (Å²) in [5.74, 6) is 0.746. The predicted molar refractivity (Wildman–Crippen MR) is 60.0 cm³/mol. The zero-order chi connectivity index (χ0) is 10.6. The molecule has 2 unspecified atom stereocenters. The maximum Gasteiger partial charge on any atom is 0.0687 e. The van der Waals surface area contributed by atoms with E-state index in [-0.39, 0.29) is 5.92 Å². The van der Waals surface area contributed by atoms with Crippen molar-refractivity contribution in [1.29, 1.82) is 0 Å². The second kappa shape index (κ2) is 5.13. The van der Waals surface area contributed by atoms with Gasteiger partial charge >= 0.3 is 0 Å². The number of nitrogens with two attached hydrogens (primary N) is 1. The monoisotopic (exact) mass is 199 g/mol. The molecule has 1 aliphatic rings. The molecule has 1 rings (SSSR count). The Morgan fingerprint density at radius 2 is 1.93 bits per heavy atom. The fourth-order valence-corrected chi connectivity index (χ4v) is 2.84. The molecule has 0 heterocycles. The second-order valence-electron chi connectivity index (χ2n) is 4.90. The minimum absolute atomic E-state index is 0.269. The number of rotatable bonds is 4. The third kappa shape index (κ3) is 2.48. The predicted octanol–water partition coefficient (Wildman–Crippen LogP) is 2.30. The van der Waals surface area contributed by atoms with Crippen LogP contribution in [0.2, 0.25) is 0 Å². The van der Waals surface area contributed by atoms with E-state index in [1.165, 1.54) is 32.1 Å². The van der Waals surface area contributed by atoms with E-state index in [4.69, 9.17) is 5.73 Å². The van der Waals surface area contributed by atoms with Crippen LogP contribution in [0.15, 0.2) is 0 Å². The van der Waals surface area contributed by atoms with Crippen molar-refractivity contribution in [1.82, 2.24) is 0 Å². The van der Waals surface area contributed by atoms with E-state index < -0.39 is 5.60 Å². The molecule has 0 aromatic carbocycles. The first-order valence-electron chi connectivity index (χ1n) is 6.05. The molecule has 84 valence electrons. The molecule has 2 atom stereocenters. The minimum atomic E-state index is -0.538. The molecule has 0 radical (unpaired) electrons. The highest BCUT2D eigenvalue weighted by molar-refractivity contribution is 4.90. The summed E-state index contributed by atoms with van der Waals surface area (Å²) in [7, 11) is 0. The van der Waals surface area contributed by atoms with Crippen LogP contribution >= 0.6 is 0 Å². The van der Waals surface area contributed by atoms with Gasteiger partial charge in [-0.1, -0.05) is 26.2 Å². The van der Waals surface area contributed by atoms with Crippen molar-refractivity contribution < 1.29 is 5.11 Å². The van der Waals surface area contributed by atoms with E-state index in [2.05, 4.69) is 6.92 Å². The second-order valence-corrected chi connectivity index (χ2v) is 4.90. The fourth-order valence-electron chi connectivity index (χ4n) is 2.84. The first-order valence-corrected chi connectivity index (χ1v) is 6.05. The van der Waals surface area contributed by atoms with E-state index in [1.54, 1.807) is 0 Å². The molecule has 1 aliphatic carbocycles. The first-order chi connectivity index (χ1) is 6.62. The number of hydrogen-bond donors (Lipinski definition) is 2. The Labute approximate surface area is 87.9 Å². The highest BCUT2D eigenvalue weighted by Crippen LogP contribution is 2.37. The Morgan fingerprint density at radius 1 is 1.36 bits per heavy atom. The average molecular weight is 199 g/mol. The van der Waals surface area contributed by atoms with Crippen LogP contribution in [-0.2, 0) is 0 Å². The summed E-state index contributed by atoms with van der Waals surface area (Å²) in [5.41, 5.74) is 5.18. The zero-order valence-electron chi connectivity index (χ0n) is 9.63. The molecule has 0 saturated heterocycles. The highest BCUT2D eigenvalue weighted by atomic mass is 16.3. The SMILES string of the molecule is CCC(CN)C(C)(O)C1CCCCC1. The number of hydrogen-bond acceptors (Lipinski definition) is 2. The largest absolute Gasteiger partial charge is 0.390 e. The summed E-state index contributed by atoms with van der Waals surface area (Å²) < 4.78 is 0. The standard InChI is InChI=1S/C12H25NO/c1-3-10(9-13)12(2,14)11-7-5-4-6-8-11/h10-11,14H,3-9,13H2,1-2H3. The van der Waals surface area contributed by atoms with Crippen LogP contribution in [0.25, 0.3) is 0 Å². The van der Waals surface area contributed by atoms with Crippen LogP contribution < -0.4 is 5.73 Å². The molecule has 1 fully saturated rings. The highest BCUT2D eigenvalue weighted by Gasteiger charge is 2.38. The summed E-state index contributed by atoms with van der Waals surface area (Å²) in [6, 6.07) is 0. The molecule has 0 spiro atoms. The summed E-state index contributed by atoms with van der Waals surface area (Å²) in [6.45, 7) is 4.72. The topological polar surface area (TPSA) is 46.2 Å². The lowest BCUT2D eigenvalue weighted by Crippen LogP contribution is -2.46. The summed E-state index contributed by atoms with van der Waals surface area (Å²) in [4.78, 5) is 0. The molecule has 0 bridgehead atoms. The Balaban J connectivity index is 2.60. The number of aliphatic hydroxyl groups is 1. The molecule has 1 saturated carbocycles. The Kier molecular flexibility index (Phi) is 4.39. The summed E-state index contributed by atoms with van der Waals surface area (Å²) >= 11 is 0. The van der Waals surface area contributed by atoms with Crippen molar-refractivity contribution in [2.24, 2.45) is 17.6 Å². The Hall–Kier alpha value is -0.0800. The smallest absolute Gasteiger partial charge is 0.0687 e. The van der Waals surface area contributed by atoms with Crippen molar-refractivity contribution in [2.45, 2.75) is 58.0 Å². The van der Waals surface area contributed by atoms with E-state index in [0.717, 1.165) is 6.42 Å². The van der Waals surface area contributed by atoms with E-state index in [9.17, 15) is 5.11 Å². The maximum absolute atomic E-state index is 10.5. The third-order valence-electron chi connectivity index (χ3n) is 4.04. The molecule has 2 heteroatoms. The lowest BCUT2D eigenvalue weighted by Gasteiger charge is -2.40. The van der Waals surface area contributed by atoms with Gasteiger partial charge in [0.15, 0.2) is 0 Å². The van der Waals surface area contributed by atoms with E-state index in [1.807, 2.05) is 6.92 Å². The van der Waals surface area contributed by atoms with Gasteiger partial charge in [-0.05, 0) is 44.6 Å². The first kappa shape index (κ1) is 12.0. The van der Waals surface area contributed by atoms with Gasteiger partial charge in [-0.15, -0.1) is 0 Å². The molecular formula is C12H25NO. The molecule has 0 amide bonds. The molecule has 2 nitrogen and oxygen atoms in total. The van der Waals surface area contributed by atoms with Gasteiger partial charge in [-0.25, -0.2) is 0 Å². The Bertz CT molecular complexity index is 158. The van der Waals surface area contributed by atoms with Gasteiger partial charge in [-0.3, -0.25) is 0 Å². The van der Waals surface area contributed by atoms with E-state index >= 15 is 0 Å².